The number of nitrogens with one attached hydrogen (secondary N) is 1. The molecule has 0 radical (unpaired) electrons. The first-order valence-electron chi connectivity index (χ1n) is 8.82. The summed E-state index contributed by atoms with van der Waals surface area (Å²) in [5.74, 6) is -0.0788. The molecule has 0 aliphatic rings. The number of halogens is 1. The number of aromatic nitrogens is 2. The number of hydrogen-bond acceptors (Lipinski definition) is 2. The molecule has 0 unspecified atom stereocenters. The molecule has 1 N–H and O–H groups in total. The average molecular weight is 380 g/mol. The van der Waals surface area contributed by atoms with E-state index in [4.69, 9.17) is 11.6 Å². The predicted octanol–water partition coefficient (Wildman–Crippen LogP) is 5.04. The minimum atomic E-state index is -0.0788. The zero-order chi connectivity index (χ0) is 19.4. The molecule has 138 valence electrons. The van der Waals surface area contributed by atoms with E-state index in [9.17, 15) is 4.79 Å². The van der Waals surface area contributed by atoms with E-state index in [-0.39, 0.29) is 18.5 Å². The lowest BCUT2D eigenvalue weighted by molar-refractivity contribution is -0.122. The normalized spacial score (nSPS) is 10.8. The molecule has 4 nitrogen and oxygen atoms in total. The molecule has 0 spiro atoms. The predicted molar refractivity (Wildman–Crippen MR) is 111 cm³/mol. The van der Waals surface area contributed by atoms with Gasteiger partial charge in [-0.25, -0.2) is 0 Å². The highest BCUT2D eigenvalue weighted by Gasteiger charge is 2.15. The van der Waals surface area contributed by atoms with Gasteiger partial charge in [-0.1, -0.05) is 60.7 Å². The number of nitrogens with zero attached hydrogens (tertiary/aromatic N) is 2. The van der Waals surface area contributed by atoms with Crippen LogP contribution in [-0.4, -0.2) is 21.7 Å². The number of carbonyl (C=O) groups is 1. The van der Waals surface area contributed by atoms with Gasteiger partial charge in [-0.2, -0.15) is 5.10 Å². The molecule has 0 atom stereocenters. The van der Waals surface area contributed by atoms with Crippen molar-refractivity contribution in [2.75, 3.05) is 0 Å². The summed E-state index contributed by atoms with van der Waals surface area (Å²) in [7, 11) is 0. The Bertz CT molecular complexity index is 958. The van der Waals surface area contributed by atoms with Crippen LogP contribution in [0.2, 0.25) is 5.02 Å². The molecule has 5 heteroatoms. The lowest BCUT2D eigenvalue weighted by Crippen LogP contribution is -2.33. The van der Waals surface area contributed by atoms with Gasteiger partial charge in [0.05, 0.1) is 11.4 Å². The first-order chi connectivity index (χ1) is 13.0. The van der Waals surface area contributed by atoms with Crippen LogP contribution in [0, 0.1) is 0 Å². The number of benzene rings is 2. The quantitative estimate of drug-likeness (QED) is 0.652. The fourth-order valence-corrected chi connectivity index (χ4v) is 3.04. The molecule has 1 amide bonds. The summed E-state index contributed by atoms with van der Waals surface area (Å²) in [6.45, 7) is 7.79. The summed E-state index contributed by atoms with van der Waals surface area (Å²) >= 11 is 6.16. The number of hydrogen-bond donors (Lipinski definition) is 1. The van der Waals surface area contributed by atoms with Crippen molar-refractivity contribution in [3.63, 3.8) is 0 Å². The topological polar surface area (TPSA) is 46.9 Å². The second kappa shape index (κ2) is 8.23. The largest absolute Gasteiger partial charge is 0.352 e. The van der Waals surface area contributed by atoms with E-state index in [0.717, 1.165) is 28.1 Å². The Hall–Kier alpha value is -2.85. The summed E-state index contributed by atoms with van der Waals surface area (Å²) in [6, 6.07) is 17.6. The Morgan fingerprint density at radius 1 is 1.19 bits per heavy atom. The fourth-order valence-electron chi connectivity index (χ4n) is 2.85. The van der Waals surface area contributed by atoms with Crippen molar-refractivity contribution < 1.29 is 4.79 Å². The number of amides is 1. The second-order valence-electron chi connectivity index (χ2n) is 6.63. The van der Waals surface area contributed by atoms with Crippen LogP contribution in [0.4, 0.5) is 0 Å². The molecule has 0 fully saturated rings. The smallest absolute Gasteiger partial charge is 0.241 e. The molecule has 0 aliphatic carbocycles. The molecule has 0 saturated heterocycles. The van der Waals surface area contributed by atoms with E-state index >= 15 is 0 Å². The molecule has 1 heterocycles. The Labute approximate surface area is 164 Å². The average Bonchev–Trinajstić information content (AvgIpc) is 3.04. The van der Waals surface area contributed by atoms with Gasteiger partial charge in [0.1, 0.15) is 6.54 Å². The number of rotatable bonds is 6. The van der Waals surface area contributed by atoms with E-state index in [1.165, 1.54) is 0 Å². The minimum absolute atomic E-state index is 0.0774. The zero-order valence-corrected chi connectivity index (χ0v) is 16.2. The van der Waals surface area contributed by atoms with Gasteiger partial charge in [-0.3, -0.25) is 9.48 Å². The van der Waals surface area contributed by atoms with Crippen LogP contribution >= 0.6 is 11.6 Å². The Morgan fingerprint density at radius 3 is 2.56 bits per heavy atom. The molecule has 2 aromatic carbocycles. The van der Waals surface area contributed by atoms with Crippen LogP contribution in [0.3, 0.4) is 0 Å². The standard InChI is InChI=1S/C22H22ClN3O/c1-4-16-8-10-17(11-9-16)20-13-21(18-6-5-7-19(23)12-18)26(25-20)14-22(27)24-15(2)3/h4-13,15H,1,14H2,2-3H3,(H,24,27). The Kier molecular flexibility index (Phi) is 5.77. The van der Waals surface area contributed by atoms with Crippen molar-refractivity contribution in [1.82, 2.24) is 15.1 Å². The first kappa shape index (κ1) is 18.9. The van der Waals surface area contributed by atoms with Gasteiger partial charge in [-0.05, 0) is 37.6 Å². The van der Waals surface area contributed by atoms with Crippen LogP contribution in [-0.2, 0) is 11.3 Å². The van der Waals surface area contributed by atoms with Crippen LogP contribution in [0.5, 0.6) is 0 Å². The van der Waals surface area contributed by atoms with Gasteiger partial charge in [-0.15, -0.1) is 0 Å². The second-order valence-corrected chi connectivity index (χ2v) is 7.07. The van der Waals surface area contributed by atoms with Crippen molar-refractivity contribution in [3.8, 4) is 22.5 Å². The highest BCUT2D eigenvalue weighted by molar-refractivity contribution is 6.30. The Morgan fingerprint density at radius 2 is 1.93 bits per heavy atom. The van der Waals surface area contributed by atoms with Gasteiger partial charge >= 0.3 is 0 Å². The molecule has 1 aromatic heterocycles. The van der Waals surface area contributed by atoms with E-state index in [0.29, 0.717) is 5.02 Å². The van der Waals surface area contributed by atoms with Crippen molar-refractivity contribution in [2.24, 2.45) is 0 Å². The molecule has 27 heavy (non-hydrogen) atoms. The van der Waals surface area contributed by atoms with Gasteiger partial charge in [0, 0.05) is 22.2 Å². The maximum Gasteiger partial charge on any atom is 0.241 e. The third-order valence-corrected chi connectivity index (χ3v) is 4.32. The third-order valence-electron chi connectivity index (χ3n) is 4.09. The summed E-state index contributed by atoms with van der Waals surface area (Å²) in [5, 5.41) is 8.23. The van der Waals surface area contributed by atoms with E-state index in [2.05, 4.69) is 17.0 Å². The third kappa shape index (κ3) is 4.66. The maximum absolute atomic E-state index is 12.3. The van der Waals surface area contributed by atoms with E-state index < -0.39 is 0 Å². The summed E-state index contributed by atoms with van der Waals surface area (Å²) in [6.07, 6.45) is 1.80. The highest BCUT2D eigenvalue weighted by Crippen LogP contribution is 2.28. The lowest BCUT2D eigenvalue weighted by atomic mass is 10.1. The van der Waals surface area contributed by atoms with Crippen LogP contribution in [0.1, 0.15) is 19.4 Å². The summed E-state index contributed by atoms with van der Waals surface area (Å²) in [4.78, 5) is 12.3. The van der Waals surface area contributed by atoms with Crippen LogP contribution in [0.15, 0.2) is 61.2 Å². The Balaban J connectivity index is 2.02. The van der Waals surface area contributed by atoms with Crippen molar-refractivity contribution in [2.45, 2.75) is 26.4 Å². The fraction of sp³-hybridized carbons (Fsp3) is 0.182. The summed E-state index contributed by atoms with van der Waals surface area (Å²) in [5.41, 5.74) is 4.59. The van der Waals surface area contributed by atoms with Gasteiger partial charge in [0.25, 0.3) is 0 Å². The van der Waals surface area contributed by atoms with Gasteiger partial charge in [0.15, 0.2) is 0 Å². The van der Waals surface area contributed by atoms with Crippen molar-refractivity contribution in [3.05, 3.63) is 71.8 Å². The summed E-state index contributed by atoms with van der Waals surface area (Å²) < 4.78 is 1.72. The zero-order valence-electron chi connectivity index (χ0n) is 15.4. The molecule has 0 aliphatic heterocycles. The monoisotopic (exact) mass is 379 g/mol. The number of carbonyl (C=O) groups excluding carboxylic acids is 1. The maximum atomic E-state index is 12.3. The molecule has 0 saturated carbocycles. The molecular weight excluding hydrogens is 358 g/mol. The van der Waals surface area contributed by atoms with Gasteiger partial charge < -0.3 is 5.32 Å². The molecule has 3 rings (SSSR count). The lowest BCUT2D eigenvalue weighted by Gasteiger charge is -2.10. The van der Waals surface area contributed by atoms with Gasteiger partial charge in [0.2, 0.25) is 5.91 Å². The molecule has 3 aromatic rings. The molecular formula is C22H22ClN3O. The van der Waals surface area contributed by atoms with Crippen molar-refractivity contribution in [1.29, 1.82) is 0 Å². The molecule has 0 bridgehead atoms. The first-order valence-corrected chi connectivity index (χ1v) is 9.20. The van der Waals surface area contributed by atoms with E-state index in [1.54, 1.807) is 10.8 Å². The van der Waals surface area contributed by atoms with Crippen LogP contribution < -0.4 is 5.32 Å². The van der Waals surface area contributed by atoms with Crippen molar-refractivity contribution >= 4 is 23.6 Å². The highest BCUT2D eigenvalue weighted by atomic mass is 35.5. The van der Waals surface area contributed by atoms with E-state index in [1.807, 2.05) is 68.4 Å². The minimum Gasteiger partial charge on any atom is -0.352 e. The SMILES string of the molecule is C=Cc1ccc(-c2cc(-c3cccc(Cl)c3)n(CC(=O)NC(C)C)n2)cc1. The van der Waals surface area contributed by atoms with Crippen LogP contribution in [0.25, 0.3) is 28.6 Å².